The first-order valence-electron chi connectivity index (χ1n) is 3.72. The van der Waals surface area contributed by atoms with Gasteiger partial charge in [-0.3, -0.25) is 9.78 Å². The van der Waals surface area contributed by atoms with Gasteiger partial charge in [0.15, 0.2) is 0 Å². The number of nitrogen functional groups attached to an aromatic ring is 1. The Morgan fingerprint density at radius 1 is 1.50 bits per heavy atom. The molecule has 0 unspecified atom stereocenters. The summed E-state index contributed by atoms with van der Waals surface area (Å²) in [6.07, 6.45) is 3.30. The van der Waals surface area contributed by atoms with Crippen LogP contribution in [0.3, 0.4) is 0 Å². The summed E-state index contributed by atoms with van der Waals surface area (Å²) in [6, 6.07) is 0. The first-order valence-corrected chi connectivity index (χ1v) is 5.33. The van der Waals surface area contributed by atoms with Crippen LogP contribution in [-0.4, -0.2) is 10.9 Å². The molecule has 4 nitrogen and oxygen atoms in total. The van der Waals surface area contributed by atoms with Crippen LogP contribution in [0.15, 0.2) is 16.9 Å². The summed E-state index contributed by atoms with van der Waals surface area (Å²) in [6.45, 7) is 0. The maximum Gasteiger partial charge on any atom is 0.260 e. The van der Waals surface area contributed by atoms with E-state index in [1.165, 1.54) is 11.3 Å². The summed E-state index contributed by atoms with van der Waals surface area (Å²) in [5.41, 5.74) is 11.4. The van der Waals surface area contributed by atoms with E-state index >= 15 is 0 Å². The van der Waals surface area contributed by atoms with Crippen LogP contribution in [0.4, 0.5) is 5.69 Å². The van der Waals surface area contributed by atoms with Gasteiger partial charge in [-0.2, -0.15) is 0 Å². The van der Waals surface area contributed by atoms with E-state index in [-0.39, 0.29) is 0 Å². The van der Waals surface area contributed by atoms with Crippen LogP contribution in [0.1, 0.15) is 9.67 Å². The van der Waals surface area contributed by atoms with Crippen LogP contribution in [0.2, 0.25) is 0 Å². The Bertz CT molecular complexity index is 523. The molecule has 0 saturated carbocycles. The van der Waals surface area contributed by atoms with Crippen LogP contribution in [0.5, 0.6) is 0 Å². The number of amides is 1. The van der Waals surface area contributed by atoms with Crippen molar-refractivity contribution < 1.29 is 4.79 Å². The van der Waals surface area contributed by atoms with Gasteiger partial charge in [-0.15, -0.1) is 11.3 Å². The monoisotopic (exact) mass is 271 g/mol. The molecular weight excluding hydrogens is 266 g/mol. The number of rotatable bonds is 1. The predicted octanol–water partition coefficient (Wildman–Crippen LogP) is 1.74. The number of carbonyl (C=O) groups excluding carboxylic acids is 1. The van der Waals surface area contributed by atoms with E-state index in [4.69, 9.17) is 11.5 Å². The lowest BCUT2D eigenvalue weighted by Gasteiger charge is -1.94. The number of halogens is 1. The van der Waals surface area contributed by atoms with Crippen molar-refractivity contribution in [3.63, 3.8) is 0 Å². The second-order valence-corrected chi connectivity index (χ2v) is 4.61. The normalized spacial score (nSPS) is 10.6. The van der Waals surface area contributed by atoms with E-state index < -0.39 is 5.91 Å². The minimum atomic E-state index is -0.504. The molecule has 0 bridgehead atoms. The molecule has 0 radical (unpaired) electrons. The number of anilines is 1. The van der Waals surface area contributed by atoms with Crippen molar-refractivity contribution in [1.29, 1.82) is 0 Å². The van der Waals surface area contributed by atoms with Crippen LogP contribution in [0, 0.1) is 0 Å². The number of hydrogen-bond acceptors (Lipinski definition) is 4. The highest BCUT2D eigenvalue weighted by Crippen LogP contribution is 2.36. The van der Waals surface area contributed by atoms with Crippen LogP contribution >= 0.6 is 27.3 Å². The summed E-state index contributed by atoms with van der Waals surface area (Å²) >= 11 is 4.58. The molecule has 72 valence electrons. The summed E-state index contributed by atoms with van der Waals surface area (Å²) in [5.74, 6) is -0.504. The molecule has 2 aromatic heterocycles. The number of pyridine rings is 1. The van der Waals surface area contributed by atoms with Gasteiger partial charge in [0.25, 0.3) is 5.91 Å². The first-order chi connectivity index (χ1) is 6.61. The zero-order valence-corrected chi connectivity index (χ0v) is 9.35. The van der Waals surface area contributed by atoms with Crippen molar-refractivity contribution in [2.24, 2.45) is 5.73 Å². The van der Waals surface area contributed by atoms with E-state index in [2.05, 4.69) is 20.9 Å². The fourth-order valence-electron chi connectivity index (χ4n) is 1.22. The zero-order valence-electron chi connectivity index (χ0n) is 6.95. The molecule has 0 aliphatic heterocycles. The van der Waals surface area contributed by atoms with Gasteiger partial charge < -0.3 is 11.5 Å². The maximum absolute atomic E-state index is 11.0. The Morgan fingerprint density at radius 2 is 2.21 bits per heavy atom. The molecule has 0 saturated heterocycles. The van der Waals surface area contributed by atoms with Crippen molar-refractivity contribution in [3.05, 3.63) is 21.7 Å². The number of carbonyl (C=O) groups is 1. The molecule has 6 heteroatoms. The smallest absolute Gasteiger partial charge is 0.260 e. The molecule has 0 aliphatic carbocycles. The molecule has 1 amide bonds. The number of primary amides is 1. The van der Waals surface area contributed by atoms with Crippen LogP contribution in [0.25, 0.3) is 10.1 Å². The summed E-state index contributed by atoms with van der Waals surface area (Å²) in [4.78, 5) is 15.4. The fraction of sp³-hybridized carbons (Fsp3) is 0. The lowest BCUT2D eigenvalue weighted by Crippen LogP contribution is -2.10. The molecule has 2 heterocycles. The van der Waals surface area contributed by atoms with E-state index in [1.54, 1.807) is 12.4 Å². The molecule has 2 aromatic rings. The average Bonchev–Trinajstić information content (AvgIpc) is 2.45. The average molecular weight is 272 g/mol. The van der Waals surface area contributed by atoms with E-state index in [9.17, 15) is 4.79 Å². The molecular formula is C8H6BrN3OS. The van der Waals surface area contributed by atoms with Gasteiger partial charge in [0, 0.05) is 22.3 Å². The highest BCUT2D eigenvalue weighted by Gasteiger charge is 2.15. The quantitative estimate of drug-likeness (QED) is 0.829. The highest BCUT2D eigenvalue weighted by atomic mass is 79.9. The molecule has 0 aromatic carbocycles. The third-order valence-electron chi connectivity index (χ3n) is 1.81. The first kappa shape index (κ1) is 9.42. The third-order valence-corrected chi connectivity index (χ3v) is 3.57. The Labute approximate surface area is 92.0 Å². The number of thiophene rings is 1. The molecule has 4 N–H and O–H groups in total. The molecule has 0 fully saturated rings. The van der Waals surface area contributed by atoms with Gasteiger partial charge in [0.05, 0.1) is 10.4 Å². The van der Waals surface area contributed by atoms with Crippen LogP contribution < -0.4 is 11.5 Å². The Kier molecular flexibility index (Phi) is 2.16. The van der Waals surface area contributed by atoms with Crippen molar-refractivity contribution in [3.8, 4) is 0 Å². The van der Waals surface area contributed by atoms with Gasteiger partial charge in [-0.05, 0) is 15.9 Å². The standard InChI is InChI=1S/C8H6BrN3OS/c9-3-1-12-2-4-5(3)6(10)7(14-4)8(11)13/h1-2H,10H2,(H2,11,13). The molecule has 0 atom stereocenters. The second-order valence-electron chi connectivity index (χ2n) is 2.70. The highest BCUT2D eigenvalue weighted by molar-refractivity contribution is 9.10. The topological polar surface area (TPSA) is 82.0 Å². The van der Waals surface area contributed by atoms with Crippen LogP contribution in [-0.2, 0) is 0 Å². The Hall–Kier alpha value is -1.14. The minimum Gasteiger partial charge on any atom is -0.397 e. The van der Waals surface area contributed by atoms with Gasteiger partial charge in [-0.1, -0.05) is 0 Å². The SMILES string of the molecule is NC(=O)c1sc2cncc(Br)c2c1N. The summed E-state index contributed by atoms with van der Waals surface area (Å²) in [5, 5.41) is 0.804. The summed E-state index contributed by atoms with van der Waals surface area (Å²) < 4.78 is 1.63. The molecule has 2 rings (SSSR count). The number of hydrogen-bond donors (Lipinski definition) is 2. The van der Waals surface area contributed by atoms with Gasteiger partial charge in [0.1, 0.15) is 4.88 Å². The second kappa shape index (κ2) is 3.21. The fourth-order valence-corrected chi connectivity index (χ4v) is 2.86. The van der Waals surface area contributed by atoms with Crippen molar-refractivity contribution in [2.45, 2.75) is 0 Å². The molecule has 0 aliphatic rings. The largest absolute Gasteiger partial charge is 0.397 e. The molecule has 14 heavy (non-hydrogen) atoms. The Morgan fingerprint density at radius 3 is 2.79 bits per heavy atom. The number of aromatic nitrogens is 1. The van der Waals surface area contributed by atoms with Crippen molar-refractivity contribution in [1.82, 2.24) is 4.98 Å². The van der Waals surface area contributed by atoms with E-state index in [1.807, 2.05) is 0 Å². The van der Waals surface area contributed by atoms with Crippen molar-refractivity contribution >= 4 is 48.9 Å². The number of nitrogens with two attached hydrogens (primary N) is 2. The van der Waals surface area contributed by atoms with Gasteiger partial charge in [-0.25, -0.2) is 0 Å². The van der Waals surface area contributed by atoms with Crippen molar-refractivity contribution in [2.75, 3.05) is 5.73 Å². The zero-order chi connectivity index (χ0) is 10.3. The number of fused-ring (bicyclic) bond motifs is 1. The van der Waals surface area contributed by atoms with Gasteiger partial charge in [0.2, 0.25) is 0 Å². The molecule has 0 spiro atoms. The lowest BCUT2D eigenvalue weighted by atomic mass is 10.2. The Balaban J connectivity index is 2.87. The maximum atomic E-state index is 11.0. The number of nitrogens with zero attached hydrogens (tertiary/aromatic N) is 1. The van der Waals surface area contributed by atoms with E-state index in [0.717, 1.165) is 14.6 Å². The predicted molar refractivity (Wildman–Crippen MR) is 60.3 cm³/mol. The third kappa shape index (κ3) is 1.27. The van der Waals surface area contributed by atoms with Gasteiger partial charge >= 0.3 is 0 Å². The lowest BCUT2D eigenvalue weighted by molar-refractivity contribution is 0.100. The summed E-state index contributed by atoms with van der Waals surface area (Å²) in [7, 11) is 0. The minimum absolute atomic E-state index is 0.383. The van der Waals surface area contributed by atoms with E-state index in [0.29, 0.717) is 10.6 Å².